The fourth-order valence-electron chi connectivity index (χ4n) is 3.24. The minimum absolute atomic E-state index is 0.445. The Balaban J connectivity index is 2.27. The number of nitrogens with one attached hydrogen (secondary N) is 1. The van der Waals surface area contributed by atoms with Crippen molar-refractivity contribution in [3.8, 4) is 0 Å². The monoisotopic (exact) mass is 329 g/mol. The predicted molar refractivity (Wildman–Crippen MR) is 84.4 cm³/mol. The van der Waals surface area contributed by atoms with E-state index in [9.17, 15) is 0 Å². The molecule has 1 aromatic heterocycles. The number of aryl methyl sites for hydroxylation is 1. The van der Waals surface area contributed by atoms with Crippen LogP contribution in [-0.4, -0.2) is 6.54 Å². The molecule has 0 saturated heterocycles. The smallest absolute Gasteiger partial charge is 0.0704 e. The minimum atomic E-state index is 0.445. The first-order valence-corrected chi connectivity index (χ1v) is 8.67. The molecule has 0 amide bonds. The van der Waals surface area contributed by atoms with Crippen LogP contribution in [0.5, 0.6) is 0 Å². The van der Waals surface area contributed by atoms with Gasteiger partial charge in [0.05, 0.1) is 3.79 Å². The van der Waals surface area contributed by atoms with Gasteiger partial charge in [0, 0.05) is 10.9 Å². The Morgan fingerprint density at radius 3 is 2.61 bits per heavy atom. The van der Waals surface area contributed by atoms with E-state index in [-0.39, 0.29) is 0 Å². The van der Waals surface area contributed by atoms with E-state index in [2.05, 4.69) is 48.1 Å². The van der Waals surface area contributed by atoms with Crippen molar-refractivity contribution in [2.75, 3.05) is 6.54 Å². The summed E-state index contributed by atoms with van der Waals surface area (Å²) in [6.45, 7) is 8.09. The minimum Gasteiger partial charge on any atom is -0.309 e. The number of hydrogen-bond donors (Lipinski definition) is 1. The molecule has 1 N–H and O–H groups in total. The molecule has 0 aromatic carbocycles. The van der Waals surface area contributed by atoms with Crippen LogP contribution in [0.25, 0.3) is 0 Å². The molecule has 1 saturated carbocycles. The van der Waals surface area contributed by atoms with Gasteiger partial charge in [0.1, 0.15) is 0 Å². The van der Waals surface area contributed by atoms with Gasteiger partial charge < -0.3 is 5.32 Å². The molecule has 0 aliphatic heterocycles. The molecule has 1 unspecified atom stereocenters. The highest BCUT2D eigenvalue weighted by Gasteiger charge is 2.38. The number of thiophene rings is 1. The van der Waals surface area contributed by atoms with Crippen molar-refractivity contribution in [2.45, 2.75) is 58.9 Å². The molecule has 1 atom stereocenters. The van der Waals surface area contributed by atoms with E-state index in [1.165, 1.54) is 46.3 Å². The van der Waals surface area contributed by atoms with Gasteiger partial charge in [-0.2, -0.15) is 0 Å². The number of halogens is 1. The fourth-order valence-corrected chi connectivity index (χ4v) is 4.98. The molecule has 1 aliphatic carbocycles. The average molecular weight is 330 g/mol. The third-order valence-electron chi connectivity index (χ3n) is 4.28. The molecule has 18 heavy (non-hydrogen) atoms. The van der Waals surface area contributed by atoms with E-state index < -0.39 is 0 Å². The second kappa shape index (κ2) is 6.06. The fraction of sp³-hybridized carbons (Fsp3) is 0.733. The Morgan fingerprint density at radius 1 is 1.44 bits per heavy atom. The van der Waals surface area contributed by atoms with Crippen LogP contribution in [0.4, 0.5) is 0 Å². The van der Waals surface area contributed by atoms with Crippen LogP contribution in [-0.2, 0) is 0 Å². The highest BCUT2D eigenvalue weighted by Crippen LogP contribution is 2.49. The first-order valence-electron chi connectivity index (χ1n) is 7.06. The first-order chi connectivity index (χ1) is 8.57. The zero-order valence-electron chi connectivity index (χ0n) is 11.7. The third kappa shape index (κ3) is 3.00. The van der Waals surface area contributed by atoms with Crippen LogP contribution < -0.4 is 5.32 Å². The molecule has 1 aromatic rings. The Morgan fingerprint density at radius 2 is 2.11 bits per heavy atom. The molecule has 1 aliphatic rings. The lowest BCUT2D eigenvalue weighted by molar-refractivity contribution is 0.223. The lowest BCUT2D eigenvalue weighted by Crippen LogP contribution is -2.35. The number of hydrogen-bond acceptors (Lipinski definition) is 2. The maximum atomic E-state index is 3.81. The molecule has 3 heteroatoms. The molecule has 0 radical (unpaired) electrons. The topological polar surface area (TPSA) is 12.0 Å². The lowest BCUT2D eigenvalue weighted by atomic mass is 9.77. The highest BCUT2D eigenvalue weighted by molar-refractivity contribution is 9.11. The maximum absolute atomic E-state index is 3.81. The predicted octanol–water partition coefficient (Wildman–Crippen LogP) is 5.44. The van der Waals surface area contributed by atoms with Gasteiger partial charge in [0.25, 0.3) is 0 Å². The van der Waals surface area contributed by atoms with E-state index >= 15 is 0 Å². The average Bonchev–Trinajstić information content (AvgIpc) is 2.87. The largest absolute Gasteiger partial charge is 0.309 e. The van der Waals surface area contributed by atoms with Crippen molar-refractivity contribution in [2.24, 2.45) is 5.41 Å². The maximum Gasteiger partial charge on any atom is 0.0704 e. The van der Waals surface area contributed by atoms with Crippen LogP contribution in [0, 0.1) is 12.3 Å². The summed E-state index contributed by atoms with van der Waals surface area (Å²) in [7, 11) is 0. The molecule has 2 rings (SSSR count). The van der Waals surface area contributed by atoms with Crippen LogP contribution in [0.2, 0.25) is 0 Å². The summed E-state index contributed by atoms with van der Waals surface area (Å²) in [6.07, 6.45) is 6.72. The number of rotatable bonds is 5. The summed E-state index contributed by atoms with van der Waals surface area (Å²) in [5, 5.41) is 3.81. The van der Waals surface area contributed by atoms with Crippen molar-refractivity contribution >= 4 is 27.3 Å². The van der Waals surface area contributed by atoms with Crippen LogP contribution in [0.3, 0.4) is 0 Å². The summed E-state index contributed by atoms with van der Waals surface area (Å²) in [5.41, 5.74) is 1.96. The molecular formula is C15H24BrNS. The zero-order chi connectivity index (χ0) is 13.2. The molecule has 0 bridgehead atoms. The Labute approximate surface area is 123 Å². The van der Waals surface area contributed by atoms with Crippen molar-refractivity contribution in [1.82, 2.24) is 5.32 Å². The van der Waals surface area contributed by atoms with Crippen molar-refractivity contribution in [3.63, 3.8) is 0 Å². The first kappa shape index (κ1) is 14.5. The van der Waals surface area contributed by atoms with Crippen molar-refractivity contribution < 1.29 is 0 Å². The molecule has 102 valence electrons. The summed E-state index contributed by atoms with van der Waals surface area (Å²) < 4.78 is 1.26. The van der Waals surface area contributed by atoms with Crippen LogP contribution in [0.1, 0.15) is 62.4 Å². The normalized spacial score (nSPS) is 20.2. The van der Waals surface area contributed by atoms with Gasteiger partial charge in [-0.1, -0.05) is 26.7 Å². The SMILES string of the molecule is CCCNC(c1cc(Br)sc1C)C1(C)CCCC1. The van der Waals surface area contributed by atoms with E-state index in [1.54, 1.807) is 0 Å². The molecule has 1 heterocycles. The summed E-state index contributed by atoms with van der Waals surface area (Å²) in [4.78, 5) is 1.46. The molecular weight excluding hydrogens is 306 g/mol. The second-order valence-electron chi connectivity index (χ2n) is 5.81. The Bertz CT molecular complexity index is 393. The standard InChI is InChI=1S/C15H24BrNS/c1-4-9-17-14(15(3)7-5-6-8-15)12-10-13(16)18-11(12)2/h10,14,17H,4-9H2,1-3H3. The second-order valence-corrected chi connectivity index (χ2v) is 8.45. The molecule has 0 spiro atoms. The van der Waals surface area contributed by atoms with Crippen molar-refractivity contribution in [1.29, 1.82) is 0 Å². The van der Waals surface area contributed by atoms with Gasteiger partial charge in [0.2, 0.25) is 0 Å². The van der Waals surface area contributed by atoms with Gasteiger partial charge >= 0.3 is 0 Å². The van der Waals surface area contributed by atoms with Crippen LogP contribution in [0.15, 0.2) is 9.85 Å². The van der Waals surface area contributed by atoms with Crippen LogP contribution >= 0.6 is 27.3 Å². The summed E-state index contributed by atoms with van der Waals surface area (Å²) in [6, 6.07) is 2.86. The Hall–Kier alpha value is 0.140. The van der Waals surface area contributed by atoms with Gasteiger partial charge in [-0.15, -0.1) is 11.3 Å². The molecule has 1 fully saturated rings. The van der Waals surface area contributed by atoms with Crippen molar-refractivity contribution in [3.05, 3.63) is 20.3 Å². The highest BCUT2D eigenvalue weighted by atomic mass is 79.9. The van der Waals surface area contributed by atoms with Gasteiger partial charge in [0.15, 0.2) is 0 Å². The lowest BCUT2D eigenvalue weighted by Gasteiger charge is -2.35. The zero-order valence-corrected chi connectivity index (χ0v) is 14.1. The van der Waals surface area contributed by atoms with Gasteiger partial charge in [-0.25, -0.2) is 0 Å². The van der Waals surface area contributed by atoms with Gasteiger partial charge in [-0.05, 0) is 65.7 Å². The van der Waals surface area contributed by atoms with E-state index in [0.29, 0.717) is 11.5 Å². The van der Waals surface area contributed by atoms with Gasteiger partial charge in [-0.3, -0.25) is 0 Å². The van der Waals surface area contributed by atoms with E-state index in [1.807, 2.05) is 11.3 Å². The van der Waals surface area contributed by atoms with E-state index in [0.717, 1.165) is 6.54 Å². The molecule has 1 nitrogen and oxygen atoms in total. The third-order valence-corrected chi connectivity index (χ3v) is 5.85. The summed E-state index contributed by atoms with van der Waals surface area (Å²) in [5.74, 6) is 0. The van der Waals surface area contributed by atoms with E-state index in [4.69, 9.17) is 0 Å². The Kier molecular flexibility index (Phi) is 4.90. The quantitative estimate of drug-likeness (QED) is 0.758. The summed E-state index contributed by atoms with van der Waals surface area (Å²) >= 11 is 5.50.